The summed E-state index contributed by atoms with van der Waals surface area (Å²) in [6, 6.07) is 18.4. The van der Waals surface area contributed by atoms with E-state index in [9.17, 15) is 4.79 Å². The van der Waals surface area contributed by atoms with Gasteiger partial charge < -0.3 is 5.10 Å². The van der Waals surface area contributed by atoms with Crippen molar-refractivity contribution >= 4 is 23.6 Å². The van der Waals surface area contributed by atoms with E-state index in [0.717, 1.165) is 41.8 Å². The molecule has 0 fully saturated rings. The Morgan fingerprint density at radius 2 is 1.72 bits per heavy atom. The molecule has 0 spiro atoms. The molecule has 124 valence electrons. The summed E-state index contributed by atoms with van der Waals surface area (Å²) in [5, 5.41) is 5.75. The van der Waals surface area contributed by atoms with Crippen LogP contribution in [0.1, 0.15) is 28.8 Å². The van der Waals surface area contributed by atoms with Gasteiger partial charge in [0.2, 0.25) is 0 Å². The van der Waals surface area contributed by atoms with Gasteiger partial charge in [-0.25, -0.2) is 0 Å². The summed E-state index contributed by atoms with van der Waals surface area (Å²) in [6.07, 6.45) is 6.56. The first-order valence-corrected chi connectivity index (χ1v) is 8.50. The number of allylic oxidation sites excluding steroid dienone is 1. The van der Waals surface area contributed by atoms with Gasteiger partial charge in [-0.2, -0.15) is 0 Å². The molecule has 0 saturated heterocycles. The number of hydrogen-bond acceptors (Lipinski definition) is 2. The molecule has 0 saturated carbocycles. The molecule has 1 aliphatic heterocycles. The molecule has 0 atom stereocenters. The van der Waals surface area contributed by atoms with Crippen molar-refractivity contribution in [2.75, 3.05) is 0 Å². The molecule has 2 aromatic carbocycles. The van der Waals surface area contributed by atoms with Crippen LogP contribution in [-0.2, 0) is 12.8 Å². The van der Waals surface area contributed by atoms with Crippen LogP contribution in [0.25, 0.3) is 11.6 Å². The number of aryl methyl sites for hydroxylation is 2. The lowest BCUT2D eigenvalue weighted by molar-refractivity contribution is 0.791. The molecule has 25 heavy (non-hydrogen) atoms. The predicted octanol–water partition coefficient (Wildman–Crippen LogP) is 4.13. The number of aliphatic imine (C=N–C) groups is 1. The Morgan fingerprint density at radius 3 is 2.60 bits per heavy atom. The van der Waals surface area contributed by atoms with Gasteiger partial charge in [0, 0.05) is 23.0 Å². The second kappa shape index (κ2) is 6.77. The fraction of sp³-hybridized carbons (Fsp3) is 0.143. The molecule has 0 bridgehead atoms. The molecule has 2 heterocycles. The molecule has 1 aromatic heterocycles. The van der Waals surface area contributed by atoms with Gasteiger partial charge in [-0.15, -0.1) is 0 Å². The highest BCUT2D eigenvalue weighted by atomic mass is 16.1. The van der Waals surface area contributed by atoms with E-state index in [2.05, 4.69) is 39.5 Å². The third-order valence-corrected chi connectivity index (χ3v) is 4.49. The molecule has 4 heteroatoms. The summed E-state index contributed by atoms with van der Waals surface area (Å²) in [5.74, 6) is 0. The highest BCUT2D eigenvalue weighted by Crippen LogP contribution is 2.32. The van der Waals surface area contributed by atoms with Crippen LogP contribution in [0, 0.1) is 0 Å². The molecule has 0 unspecified atom stereocenters. The van der Waals surface area contributed by atoms with Crippen molar-refractivity contribution < 1.29 is 0 Å². The monoisotopic (exact) mass is 329 g/mol. The summed E-state index contributed by atoms with van der Waals surface area (Å²) in [7, 11) is 0. The summed E-state index contributed by atoms with van der Waals surface area (Å²) in [6.45, 7) is 0. The topological polar surface area (TPSA) is 61.0 Å². The van der Waals surface area contributed by atoms with E-state index >= 15 is 0 Å². The maximum atomic E-state index is 12.2. The molecular weight excluding hydrogens is 310 g/mol. The van der Waals surface area contributed by atoms with E-state index in [1.165, 1.54) is 5.56 Å². The van der Waals surface area contributed by atoms with Gasteiger partial charge >= 0.3 is 0 Å². The standard InChI is InChI=1S/C21H19N3O/c25-21-18(13-16-14-22-19-11-5-4-10-17(16)19)20(23-24-21)12-6-9-15-7-2-1-3-8-15/h1-5,7-8,10-11,13-14H,6,9,12H2,(H2,23,24,25)/b16-13-. The average Bonchev–Trinajstić information content (AvgIpc) is 3.21. The number of hydrogen-bond donors (Lipinski definition) is 2. The Hall–Kier alpha value is -3.14. The highest BCUT2D eigenvalue weighted by Gasteiger charge is 2.14. The highest BCUT2D eigenvalue weighted by molar-refractivity contribution is 6.21. The minimum absolute atomic E-state index is 0.0833. The van der Waals surface area contributed by atoms with E-state index in [1.807, 2.05) is 42.6 Å². The van der Waals surface area contributed by atoms with E-state index in [0.29, 0.717) is 5.56 Å². The van der Waals surface area contributed by atoms with Crippen molar-refractivity contribution in [3.63, 3.8) is 0 Å². The van der Waals surface area contributed by atoms with Crippen LogP contribution < -0.4 is 5.56 Å². The Balaban J connectivity index is 1.54. The number of nitrogens with one attached hydrogen (secondary N) is 2. The first kappa shape index (κ1) is 15.4. The largest absolute Gasteiger partial charge is 0.302 e. The maximum absolute atomic E-state index is 12.2. The SMILES string of the molecule is O=c1[nH][nH]c(CCCc2ccccc2)c1/C=C1/C=Nc2ccccc21. The van der Waals surface area contributed by atoms with Gasteiger partial charge in [0.05, 0.1) is 11.3 Å². The number of H-pyrrole nitrogens is 2. The van der Waals surface area contributed by atoms with Crippen molar-refractivity contribution in [3.05, 3.63) is 87.3 Å². The molecule has 1 aliphatic rings. The number of nitrogens with zero attached hydrogens (tertiary/aromatic N) is 1. The Labute approximate surface area is 145 Å². The fourth-order valence-corrected chi connectivity index (χ4v) is 3.18. The zero-order valence-electron chi connectivity index (χ0n) is 13.8. The van der Waals surface area contributed by atoms with Crippen LogP contribution in [0.4, 0.5) is 5.69 Å². The van der Waals surface area contributed by atoms with E-state index < -0.39 is 0 Å². The van der Waals surface area contributed by atoms with Gasteiger partial charge in [0.1, 0.15) is 0 Å². The van der Waals surface area contributed by atoms with E-state index in [-0.39, 0.29) is 5.56 Å². The van der Waals surface area contributed by atoms with Crippen molar-refractivity contribution in [3.8, 4) is 0 Å². The predicted molar refractivity (Wildman–Crippen MR) is 102 cm³/mol. The van der Waals surface area contributed by atoms with Crippen LogP contribution in [-0.4, -0.2) is 16.4 Å². The third-order valence-electron chi connectivity index (χ3n) is 4.49. The summed E-state index contributed by atoms with van der Waals surface area (Å²) >= 11 is 0. The van der Waals surface area contributed by atoms with Crippen LogP contribution in [0.15, 0.2) is 64.4 Å². The van der Waals surface area contributed by atoms with Crippen LogP contribution >= 0.6 is 0 Å². The number of rotatable bonds is 5. The number of aromatic nitrogens is 2. The third kappa shape index (κ3) is 3.24. The van der Waals surface area contributed by atoms with Gasteiger partial charge in [-0.3, -0.25) is 14.9 Å². The molecule has 0 aliphatic carbocycles. The van der Waals surface area contributed by atoms with Gasteiger partial charge in [-0.05, 0) is 37.0 Å². The second-order valence-corrected chi connectivity index (χ2v) is 6.19. The minimum Gasteiger partial charge on any atom is -0.302 e. The average molecular weight is 329 g/mol. The quantitative estimate of drug-likeness (QED) is 0.726. The van der Waals surface area contributed by atoms with Crippen LogP contribution in [0.2, 0.25) is 0 Å². The van der Waals surface area contributed by atoms with Crippen LogP contribution in [0.5, 0.6) is 0 Å². The molecule has 2 N–H and O–H groups in total. The van der Waals surface area contributed by atoms with Crippen molar-refractivity contribution in [1.82, 2.24) is 10.2 Å². The Bertz CT molecular complexity index is 993. The van der Waals surface area contributed by atoms with E-state index in [1.54, 1.807) is 0 Å². The maximum Gasteiger partial charge on any atom is 0.271 e. The Kier molecular flexibility index (Phi) is 4.17. The minimum atomic E-state index is -0.0833. The lowest BCUT2D eigenvalue weighted by Gasteiger charge is -2.02. The summed E-state index contributed by atoms with van der Waals surface area (Å²) in [5.41, 5.74) is 5.88. The molecule has 0 radical (unpaired) electrons. The summed E-state index contributed by atoms with van der Waals surface area (Å²) in [4.78, 5) is 16.6. The lowest BCUT2D eigenvalue weighted by atomic mass is 10.0. The smallest absolute Gasteiger partial charge is 0.271 e. The first-order chi connectivity index (χ1) is 12.3. The lowest BCUT2D eigenvalue weighted by Crippen LogP contribution is -2.03. The fourth-order valence-electron chi connectivity index (χ4n) is 3.18. The van der Waals surface area contributed by atoms with E-state index in [4.69, 9.17) is 0 Å². The zero-order valence-corrected chi connectivity index (χ0v) is 13.8. The van der Waals surface area contributed by atoms with Crippen molar-refractivity contribution in [1.29, 1.82) is 0 Å². The van der Waals surface area contributed by atoms with Crippen LogP contribution in [0.3, 0.4) is 0 Å². The molecule has 0 amide bonds. The number of fused-ring (bicyclic) bond motifs is 1. The number of para-hydroxylation sites is 1. The van der Waals surface area contributed by atoms with Gasteiger partial charge in [0.15, 0.2) is 0 Å². The number of aromatic amines is 2. The number of benzene rings is 2. The second-order valence-electron chi connectivity index (χ2n) is 6.19. The molecule has 4 nitrogen and oxygen atoms in total. The molecule has 4 rings (SSSR count). The molecular formula is C21H19N3O. The summed E-state index contributed by atoms with van der Waals surface area (Å²) < 4.78 is 0. The molecule has 3 aromatic rings. The normalized spacial score (nSPS) is 14.2. The Morgan fingerprint density at radius 1 is 0.920 bits per heavy atom. The van der Waals surface area contributed by atoms with Crippen molar-refractivity contribution in [2.24, 2.45) is 4.99 Å². The zero-order chi connectivity index (χ0) is 17.1. The van der Waals surface area contributed by atoms with Gasteiger partial charge in [-0.1, -0.05) is 48.5 Å². The van der Waals surface area contributed by atoms with Gasteiger partial charge in [0.25, 0.3) is 5.56 Å². The first-order valence-electron chi connectivity index (χ1n) is 8.50. The van der Waals surface area contributed by atoms with Crippen molar-refractivity contribution in [2.45, 2.75) is 19.3 Å².